The van der Waals surface area contributed by atoms with Crippen LogP contribution in [0.15, 0.2) is 41.8 Å². The number of carbonyl (C=O) groups excluding carboxylic acids is 1. The van der Waals surface area contributed by atoms with Gasteiger partial charge in [-0.1, -0.05) is 37.3 Å². The SMILES string of the molecule is CCN(CC(=O)NCc1ccc(COC)cc1)Cc1cccs1. The molecule has 0 unspecified atom stereocenters. The lowest BCUT2D eigenvalue weighted by atomic mass is 10.1. The first kappa shape index (κ1) is 17.7. The second-order valence-corrected chi connectivity index (χ2v) is 6.44. The highest BCUT2D eigenvalue weighted by Crippen LogP contribution is 2.11. The summed E-state index contributed by atoms with van der Waals surface area (Å²) in [5, 5.41) is 5.05. The number of nitrogens with zero attached hydrogens (tertiary/aromatic N) is 1. The summed E-state index contributed by atoms with van der Waals surface area (Å²) in [6.45, 7) is 5.36. The lowest BCUT2D eigenvalue weighted by Crippen LogP contribution is -2.36. The van der Waals surface area contributed by atoms with E-state index in [1.165, 1.54) is 4.88 Å². The monoisotopic (exact) mass is 332 g/mol. The Morgan fingerprint density at radius 1 is 1.22 bits per heavy atom. The van der Waals surface area contributed by atoms with Gasteiger partial charge in [0.05, 0.1) is 13.2 Å². The number of hydrogen-bond donors (Lipinski definition) is 1. The Bertz CT molecular complexity index is 582. The average molecular weight is 332 g/mol. The van der Waals surface area contributed by atoms with Crippen molar-refractivity contribution in [3.63, 3.8) is 0 Å². The van der Waals surface area contributed by atoms with Crippen LogP contribution in [0.25, 0.3) is 0 Å². The van der Waals surface area contributed by atoms with Crippen LogP contribution in [-0.4, -0.2) is 31.0 Å². The Labute approximate surface area is 142 Å². The smallest absolute Gasteiger partial charge is 0.234 e. The van der Waals surface area contributed by atoms with Gasteiger partial charge in [-0.25, -0.2) is 0 Å². The van der Waals surface area contributed by atoms with E-state index >= 15 is 0 Å². The number of methoxy groups -OCH3 is 1. The highest BCUT2D eigenvalue weighted by atomic mass is 32.1. The Hall–Kier alpha value is -1.69. The molecule has 2 rings (SSSR count). The molecule has 0 atom stereocenters. The lowest BCUT2D eigenvalue weighted by molar-refractivity contribution is -0.122. The third kappa shape index (κ3) is 6.14. The standard InChI is InChI=1S/C18H24N2O2S/c1-3-20(12-17-5-4-10-23-17)13-18(21)19-11-15-6-8-16(9-7-15)14-22-2/h4-10H,3,11-14H2,1-2H3,(H,19,21). The summed E-state index contributed by atoms with van der Waals surface area (Å²) in [5.41, 5.74) is 2.23. The molecule has 2 aromatic rings. The second kappa shape index (κ2) is 9.45. The summed E-state index contributed by atoms with van der Waals surface area (Å²) >= 11 is 1.73. The summed E-state index contributed by atoms with van der Waals surface area (Å²) in [6, 6.07) is 12.3. The van der Waals surface area contributed by atoms with Crippen molar-refractivity contribution in [2.24, 2.45) is 0 Å². The Morgan fingerprint density at radius 3 is 2.57 bits per heavy atom. The molecule has 1 heterocycles. The predicted molar refractivity (Wildman–Crippen MR) is 94.3 cm³/mol. The minimum Gasteiger partial charge on any atom is -0.380 e. The molecule has 0 aliphatic rings. The summed E-state index contributed by atoms with van der Waals surface area (Å²) in [5.74, 6) is 0.0596. The molecule has 5 heteroatoms. The fraction of sp³-hybridized carbons (Fsp3) is 0.389. The maximum absolute atomic E-state index is 12.1. The van der Waals surface area contributed by atoms with Gasteiger partial charge in [0.1, 0.15) is 0 Å². The first-order valence-electron chi connectivity index (χ1n) is 7.79. The van der Waals surface area contributed by atoms with Gasteiger partial charge in [-0.05, 0) is 29.1 Å². The normalized spacial score (nSPS) is 10.9. The molecular formula is C18H24N2O2S. The number of hydrogen-bond acceptors (Lipinski definition) is 4. The van der Waals surface area contributed by atoms with Crippen LogP contribution in [0.4, 0.5) is 0 Å². The van der Waals surface area contributed by atoms with E-state index in [9.17, 15) is 4.79 Å². The van der Waals surface area contributed by atoms with Gasteiger partial charge in [0.15, 0.2) is 0 Å². The highest BCUT2D eigenvalue weighted by Gasteiger charge is 2.10. The first-order chi connectivity index (χ1) is 11.2. The zero-order chi connectivity index (χ0) is 16.5. The van der Waals surface area contributed by atoms with Crippen LogP contribution in [0.2, 0.25) is 0 Å². The van der Waals surface area contributed by atoms with Gasteiger partial charge < -0.3 is 10.1 Å². The molecule has 1 amide bonds. The Balaban J connectivity index is 1.77. The van der Waals surface area contributed by atoms with Gasteiger partial charge in [-0.2, -0.15) is 0 Å². The Morgan fingerprint density at radius 2 is 1.96 bits per heavy atom. The summed E-state index contributed by atoms with van der Waals surface area (Å²) in [4.78, 5) is 15.5. The van der Waals surface area contributed by atoms with Crippen molar-refractivity contribution in [3.8, 4) is 0 Å². The van der Waals surface area contributed by atoms with Gasteiger partial charge in [0.25, 0.3) is 0 Å². The number of benzene rings is 1. The summed E-state index contributed by atoms with van der Waals surface area (Å²) < 4.78 is 5.09. The maximum Gasteiger partial charge on any atom is 0.234 e. The van der Waals surface area contributed by atoms with Crippen LogP contribution in [0.5, 0.6) is 0 Å². The van der Waals surface area contributed by atoms with Gasteiger partial charge in [-0.15, -0.1) is 11.3 Å². The molecule has 0 saturated heterocycles. The highest BCUT2D eigenvalue weighted by molar-refractivity contribution is 7.09. The van der Waals surface area contributed by atoms with Crippen LogP contribution >= 0.6 is 11.3 Å². The zero-order valence-electron chi connectivity index (χ0n) is 13.7. The molecule has 124 valence electrons. The third-order valence-corrected chi connectivity index (χ3v) is 4.46. The molecule has 1 aromatic heterocycles. The number of rotatable bonds is 9. The van der Waals surface area contributed by atoms with Gasteiger partial charge >= 0.3 is 0 Å². The zero-order valence-corrected chi connectivity index (χ0v) is 14.6. The largest absolute Gasteiger partial charge is 0.380 e. The van der Waals surface area contributed by atoms with Crippen LogP contribution in [0, 0.1) is 0 Å². The fourth-order valence-electron chi connectivity index (χ4n) is 2.28. The predicted octanol–water partition coefficient (Wildman–Crippen LogP) is 3.03. The van der Waals surface area contributed by atoms with Gasteiger partial charge in [0, 0.05) is 25.1 Å². The molecule has 23 heavy (non-hydrogen) atoms. The summed E-state index contributed by atoms with van der Waals surface area (Å²) in [6.07, 6.45) is 0. The molecule has 4 nitrogen and oxygen atoms in total. The number of likely N-dealkylation sites (N-methyl/N-ethyl adjacent to an activating group) is 1. The number of nitrogens with one attached hydrogen (secondary N) is 1. The van der Waals surface area contributed by atoms with Gasteiger partial charge in [-0.3, -0.25) is 9.69 Å². The van der Waals surface area contributed by atoms with E-state index in [1.807, 2.05) is 30.3 Å². The van der Waals surface area contributed by atoms with Crippen molar-refractivity contribution in [2.45, 2.75) is 26.6 Å². The molecule has 1 aromatic carbocycles. The van der Waals surface area contributed by atoms with E-state index in [4.69, 9.17) is 4.74 Å². The Kier molecular flexibility index (Phi) is 7.26. The van der Waals surface area contributed by atoms with Gasteiger partial charge in [0.2, 0.25) is 5.91 Å². The van der Waals surface area contributed by atoms with Crippen LogP contribution < -0.4 is 5.32 Å². The van der Waals surface area contributed by atoms with Crippen molar-refractivity contribution in [1.82, 2.24) is 10.2 Å². The van der Waals surface area contributed by atoms with E-state index in [1.54, 1.807) is 18.4 Å². The van der Waals surface area contributed by atoms with Crippen LogP contribution in [-0.2, 0) is 29.2 Å². The van der Waals surface area contributed by atoms with Crippen molar-refractivity contribution >= 4 is 17.2 Å². The average Bonchev–Trinajstić information content (AvgIpc) is 3.07. The van der Waals surface area contributed by atoms with Crippen molar-refractivity contribution in [1.29, 1.82) is 0 Å². The molecule has 0 aliphatic heterocycles. The second-order valence-electron chi connectivity index (χ2n) is 5.41. The lowest BCUT2D eigenvalue weighted by Gasteiger charge is -2.19. The molecule has 0 fully saturated rings. The van der Waals surface area contributed by atoms with E-state index < -0.39 is 0 Å². The van der Waals surface area contributed by atoms with Crippen molar-refractivity contribution in [2.75, 3.05) is 20.2 Å². The molecule has 0 spiro atoms. The minimum atomic E-state index is 0.0596. The topological polar surface area (TPSA) is 41.6 Å². The van der Waals surface area contributed by atoms with E-state index in [2.05, 4.69) is 28.6 Å². The van der Waals surface area contributed by atoms with E-state index in [-0.39, 0.29) is 5.91 Å². The molecule has 0 saturated carbocycles. The number of carbonyl (C=O) groups is 1. The maximum atomic E-state index is 12.1. The van der Waals surface area contributed by atoms with E-state index in [0.717, 1.165) is 24.2 Å². The first-order valence-corrected chi connectivity index (χ1v) is 8.67. The van der Waals surface area contributed by atoms with Crippen molar-refractivity contribution in [3.05, 3.63) is 57.8 Å². The van der Waals surface area contributed by atoms with E-state index in [0.29, 0.717) is 19.7 Å². The van der Waals surface area contributed by atoms with Crippen LogP contribution in [0.1, 0.15) is 22.9 Å². The number of amides is 1. The minimum absolute atomic E-state index is 0.0596. The van der Waals surface area contributed by atoms with Crippen LogP contribution in [0.3, 0.4) is 0 Å². The number of thiophene rings is 1. The molecule has 1 N–H and O–H groups in total. The molecule has 0 radical (unpaired) electrons. The number of ether oxygens (including phenoxy) is 1. The third-order valence-electron chi connectivity index (χ3n) is 3.60. The quantitative estimate of drug-likeness (QED) is 0.767. The summed E-state index contributed by atoms with van der Waals surface area (Å²) in [7, 11) is 1.68. The molecule has 0 bridgehead atoms. The molecule has 0 aliphatic carbocycles. The fourth-order valence-corrected chi connectivity index (χ4v) is 3.03. The van der Waals surface area contributed by atoms with Crippen molar-refractivity contribution < 1.29 is 9.53 Å². The molecular weight excluding hydrogens is 308 g/mol.